The second-order valence-corrected chi connectivity index (χ2v) is 5.84. The fraction of sp³-hybridized carbons (Fsp3) is 0.538. The Morgan fingerprint density at radius 3 is 2.83 bits per heavy atom. The van der Waals surface area contributed by atoms with Crippen molar-refractivity contribution < 1.29 is 5.11 Å². The quantitative estimate of drug-likeness (QED) is 0.869. The van der Waals surface area contributed by atoms with Gasteiger partial charge in [-0.1, -0.05) is 17.7 Å². The molecule has 0 aromatic heterocycles. The van der Waals surface area contributed by atoms with Crippen molar-refractivity contribution in [2.45, 2.75) is 18.9 Å². The fourth-order valence-corrected chi connectivity index (χ4v) is 2.77. The van der Waals surface area contributed by atoms with Gasteiger partial charge in [-0.15, -0.1) is 0 Å². The highest BCUT2D eigenvalue weighted by molar-refractivity contribution is 9.10. The zero-order valence-electron chi connectivity index (χ0n) is 10.2. The van der Waals surface area contributed by atoms with Gasteiger partial charge in [0.05, 0.1) is 21.3 Å². The number of rotatable bonds is 5. The fourth-order valence-electron chi connectivity index (χ4n) is 2.20. The molecule has 0 amide bonds. The van der Waals surface area contributed by atoms with Crippen LogP contribution in [0.25, 0.3) is 0 Å². The first-order valence-corrected chi connectivity index (χ1v) is 7.42. The van der Waals surface area contributed by atoms with Crippen LogP contribution in [0.1, 0.15) is 12.8 Å². The molecule has 1 aliphatic rings. The first-order valence-electron chi connectivity index (χ1n) is 6.25. The van der Waals surface area contributed by atoms with Gasteiger partial charge in [-0.3, -0.25) is 0 Å². The zero-order valence-corrected chi connectivity index (χ0v) is 12.5. The monoisotopic (exact) mass is 332 g/mol. The Balaban J connectivity index is 1.81. The first-order chi connectivity index (χ1) is 8.66. The third-order valence-corrected chi connectivity index (χ3v) is 4.54. The molecule has 0 radical (unpaired) electrons. The van der Waals surface area contributed by atoms with Crippen molar-refractivity contribution in [3.63, 3.8) is 0 Å². The summed E-state index contributed by atoms with van der Waals surface area (Å²) in [5, 5.41) is 13.9. The minimum Gasteiger partial charge on any atom is -0.390 e. The second kappa shape index (κ2) is 6.75. The average Bonchev–Trinajstić information content (AvgIpc) is 2.84. The zero-order chi connectivity index (χ0) is 13.0. The number of aliphatic hydroxyl groups is 1. The van der Waals surface area contributed by atoms with Crippen molar-refractivity contribution in [2.75, 3.05) is 31.5 Å². The summed E-state index contributed by atoms with van der Waals surface area (Å²) in [6.45, 7) is 3.50. The van der Waals surface area contributed by atoms with E-state index in [2.05, 4.69) is 26.1 Å². The molecule has 100 valence electrons. The molecule has 0 aliphatic carbocycles. The first kappa shape index (κ1) is 14.1. The highest BCUT2D eigenvalue weighted by atomic mass is 79.9. The largest absolute Gasteiger partial charge is 0.390 e. The van der Waals surface area contributed by atoms with E-state index in [1.54, 1.807) is 0 Å². The molecule has 0 bridgehead atoms. The number of hydrogen-bond acceptors (Lipinski definition) is 3. The van der Waals surface area contributed by atoms with E-state index in [1.165, 1.54) is 12.8 Å². The van der Waals surface area contributed by atoms with Gasteiger partial charge in [0.2, 0.25) is 0 Å². The van der Waals surface area contributed by atoms with E-state index in [1.807, 2.05) is 18.2 Å². The van der Waals surface area contributed by atoms with Crippen LogP contribution in [0, 0.1) is 0 Å². The van der Waals surface area contributed by atoms with Gasteiger partial charge in [0.25, 0.3) is 0 Å². The lowest BCUT2D eigenvalue weighted by atomic mass is 10.3. The van der Waals surface area contributed by atoms with Gasteiger partial charge in [0.1, 0.15) is 0 Å². The molecular weight excluding hydrogens is 316 g/mol. The Kier molecular flexibility index (Phi) is 5.30. The van der Waals surface area contributed by atoms with Gasteiger partial charge < -0.3 is 15.3 Å². The predicted octanol–water partition coefficient (Wildman–Crippen LogP) is 2.97. The summed E-state index contributed by atoms with van der Waals surface area (Å²) in [7, 11) is 0. The molecule has 2 N–H and O–H groups in total. The summed E-state index contributed by atoms with van der Waals surface area (Å²) < 4.78 is 0.847. The molecule has 1 aliphatic heterocycles. The maximum atomic E-state index is 9.98. The van der Waals surface area contributed by atoms with Crippen LogP contribution in [0.3, 0.4) is 0 Å². The number of aliphatic hydroxyl groups excluding tert-OH is 1. The second-order valence-electron chi connectivity index (χ2n) is 4.64. The molecule has 0 spiro atoms. The average molecular weight is 334 g/mol. The molecule has 3 nitrogen and oxygen atoms in total. The van der Waals surface area contributed by atoms with Crippen molar-refractivity contribution in [3.8, 4) is 0 Å². The Hall–Kier alpha value is -0.290. The Labute approximate surface area is 121 Å². The predicted molar refractivity (Wildman–Crippen MR) is 79.3 cm³/mol. The molecule has 1 aromatic rings. The van der Waals surface area contributed by atoms with Crippen LogP contribution in [-0.2, 0) is 0 Å². The lowest BCUT2D eigenvalue weighted by Crippen LogP contribution is -2.34. The summed E-state index contributed by atoms with van der Waals surface area (Å²) in [5.41, 5.74) is 0.919. The normalized spacial score (nSPS) is 17.9. The number of β-amino-alcohol motifs (C(OH)–C–C–N with tert-alkyl or cyclic N) is 1. The lowest BCUT2D eigenvalue weighted by Gasteiger charge is -2.20. The standard InChI is InChI=1S/C13H18BrClN2O/c14-13-11(15)4-3-5-12(13)16-8-10(18)9-17-6-1-2-7-17/h3-5,10,16,18H,1-2,6-9H2. The van der Waals surface area contributed by atoms with Crippen molar-refractivity contribution in [1.82, 2.24) is 4.90 Å². The molecule has 5 heteroatoms. The number of likely N-dealkylation sites (tertiary alicyclic amines) is 1. The molecule has 1 saturated heterocycles. The molecular formula is C13H18BrClN2O. The van der Waals surface area contributed by atoms with E-state index >= 15 is 0 Å². The van der Waals surface area contributed by atoms with Crippen LogP contribution in [0.2, 0.25) is 5.02 Å². The number of halogens is 2. The van der Waals surface area contributed by atoms with E-state index < -0.39 is 0 Å². The van der Waals surface area contributed by atoms with Gasteiger partial charge in [0.15, 0.2) is 0 Å². The summed E-state index contributed by atoms with van der Waals surface area (Å²) in [6.07, 6.45) is 2.15. The third-order valence-electron chi connectivity index (χ3n) is 3.15. The molecule has 18 heavy (non-hydrogen) atoms. The van der Waals surface area contributed by atoms with Gasteiger partial charge in [-0.2, -0.15) is 0 Å². The maximum Gasteiger partial charge on any atom is 0.0839 e. The number of anilines is 1. The minimum atomic E-state index is -0.353. The molecule has 1 heterocycles. The van der Waals surface area contributed by atoms with Crippen molar-refractivity contribution >= 4 is 33.2 Å². The Morgan fingerprint density at radius 2 is 2.11 bits per heavy atom. The van der Waals surface area contributed by atoms with Crippen LogP contribution < -0.4 is 5.32 Å². The minimum absolute atomic E-state index is 0.353. The highest BCUT2D eigenvalue weighted by Gasteiger charge is 2.15. The summed E-state index contributed by atoms with van der Waals surface area (Å²) in [4.78, 5) is 2.30. The number of nitrogens with zero attached hydrogens (tertiary/aromatic N) is 1. The van der Waals surface area contributed by atoms with Crippen molar-refractivity contribution in [2.24, 2.45) is 0 Å². The van der Waals surface area contributed by atoms with Gasteiger partial charge in [-0.25, -0.2) is 0 Å². The smallest absolute Gasteiger partial charge is 0.0839 e. The van der Waals surface area contributed by atoms with Crippen LogP contribution in [0.5, 0.6) is 0 Å². The third kappa shape index (κ3) is 3.85. The Bertz CT molecular complexity index is 397. The van der Waals surface area contributed by atoms with E-state index in [0.29, 0.717) is 11.6 Å². The van der Waals surface area contributed by atoms with E-state index in [-0.39, 0.29) is 6.10 Å². The van der Waals surface area contributed by atoms with Crippen LogP contribution in [0.4, 0.5) is 5.69 Å². The Morgan fingerprint density at radius 1 is 1.39 bits per heavy atom. The summed E-state index contributed by atoms with van der Waals surface area (Å²) in [5.74, 6) is 0. The number of nitrogens with one attached hydrogen (secondary N) is 1. The molecule has 1 unspecified atom stereocenters. The molecule has 0 saturated carbocycles. The van der Waals surface area contributed by atoms with E-state index in [4.69, 9.17) is 11.6 Å². The highest BCUT2D eigenvalue weighted by Crippen LogP contribution is 2.29. The molecule has 2 rings (SSSR count). The van der Waals surface area contributed by atoms with Gasteiger partial charge in [0, 0.05) is 13.1 Å². The number of benzene rings is 1. The molecule has 1 aromatic carbocycles. The lowest BCUT2D eigenvalue weighted by molar-refractivity contribution is 0.135. The maximum absolute atomic E-state index is 9.98. The van der Waals surface area contributed by atoms with Crippen LogP contribution in [-0.4, -0.2) is 42.3 Å². The van der Waals surface area contributed by atoms with Crippen molar-refractivity contribution in [1.29, 1.82) is 0 Å². The number of hydrogen-bond donors (Lipinski definition) is 2. The SMILES string of the molecule is OC(CNc1cccc(Cl)c1Br)CN1CCCC1. The summed E-state index contributed by atoms with van der Waals surface area (Å²) in [6, 6.07) is 5.66. The van der Waals surface area contributed by atoms with Gasteiger partial charge in [-0.05, 0) is 54.0 Å². The van der Waals surface area contributed by atoms with E-state index in [0.717, 1.165) is 29.8 Å². The van der Waals surface area contributed by atoms with Gasteiger partial charge >= 0.3 is 0 Å². The topological polar surface area (TPSA) is 35.5 Å². The van der Waals surface area contributed by atoms with E-state index in [9.17, 15) is 5.11 Å². The van der Waals surface area contributed by atoms with Crippen LogP contribution in [0.15, 0.2) is 22.7 Å². The van der Waals surface area contributed by atoms with Crippen molar-refractivity contribution in [3.05, 3.63) is 27.7 Å². The summed E-state index contributed by atoms with van der Waals surface area (Å²) >= 11 is 9.44. The molecule has 1 fully saturated rings. The molecule has 1 atom stereocenters. The van der Waals surface area contributed by atoms with Crippen LogP contribution >= 0.6 is 27.5 Å².